The molecule has 1 aliphatic heterocycles. The van der Waals surface area contributed by atoms with E-state index in [0.717, 1.165) is 5.57 Å². The van der Waals surface area contributed by atoms with Crippen molar-refractivity contribution in [1.82, 2.24) is 20.0 Å². The predicted molar refractivity (Wildman–Crippen MR) is 86.5 cm³/mol. The first-order valence-electron chi connectivity index (χ1n) is 7.39. The molecule has 0 radical (unpaired) electrons. The van der Waals surface area contributed by atoms with Gasteiger partial charge >= 0.3 is 0 Å². The standard InChI is InChI=1S/C15H18N4O4S/c1-11-16-17-15(23-11)12-7-9-19(10-8-12)18-24(20,21)14-5-3-13(22-2)4-6-14/h3-7,18H,8-10H2,1-2H3. The van der Waals surface area contributed by atoms with Crippen molar-refractivity contribution in [3.63, 3.8) is 0 Å². The second-order valence-electron chi connectivity index (χ2n) is 5.32. The fourth-order valence-electron chi connectivity index (χ4n) is 2.35. The number of aryl methyl sites for hydroxylation is 1. The van der Waals surface area contributed by atoms with Crippen LogP contribution in [-0.2, 0) is 10.0 Å². The lowest BCUT2D eigenvalue weighted by Crippen LogP contribution is -2.44. The summed E-state index contributed by atoms with van der Waals surface area (Å²) in [6, 6.07) is 6.24. The van der Waals surface area contributed by atoms with Crippen LogP contribution in [0.3, 0.4) is 0 Å². The van der Waals surface area contributed by atoms with Crippen molar-refractivity contribution >= 4 is 15.6 Å². The minimum atomic E-state index is -3.62. The van der Waals surface area contributed by atoms with Crippen LogP contribution in [0.4, 0.5) is 0 Å². The SMILES string of the molecule is COc1ccc(S(=O)(=O)NN2CC=C(c3nnc(C)o3)CC2)cc1. The topological polar surface area (TPSA) is 97.6 Å². The lowest BCUT2D eigenvalue weighted by atomic mass is 10.1. The summed E-state index contributed by atoms with van der Waals surface area (Å²) in [5.74, 6) is 1.60. The number of nitrogens with one attached hydrogen (secondary N) is 1. The molecular formula is C15H18N4O4S. The van der Waals surface area contributed by atoms with E-state index < -0.39 is 10.0 Å². The van der Waals surface area contributed by atoms with Crippen LogP contribution in [0.15, 0.2) is 39.7 Å². The second-order valence-corrected chi connectivity index (χ2v) is 6.98. The number of methoxy groups -OCH3 is 1. The van der Waals surface area contributed by atoms with Crippen molar-refractivity contribution in [3.05, 3.63) is 42.1 Å². The minimum Gasteiger partial charge on any atom is -0.497 e. The Bertz CT molecular complexity index is 843. The lowest BCUT2D eigenvalue weighted by Gasteiger charge is -2.25. The number of hydrazine groups is 1. The highest BCUT2D eigenvalue weighted by molar-refractivity contribution is 7.89. The van der Waals surface area contributed by atoms with E-state index in [1.165, 1.54) is 19.2 Å². The summed E-state index contributed by atoms with van der Waals surface area (Å²) in [5.41, 5.74) is 0.926. The first kappa shape index (κ1) is 16.6. The fourth-order valence-corrected chi connectivity index (χ4v) is 3.46. The number of aromatic nitrogens is 2. The van der Waals surface area contributed by atoms with E-state index in [2.05, 4.69) is 15.0 Å². The Kier molecular flexibility index (Phi) is 4.65. The number of nitrogens with zero attached hydrogens (tertiary/aromatic N) is 3. The van der Waals surface area contributed by atoms with Crippen LogP contribution in [0.2, 0.25) is 0 Å². The molecule has 0 unspecified atom stereocenters. The number of ether oxygens (including phenoxy) is 1. The van der Waals surface area contributed by atoms with Crippen molar-refractivity contribution in [3.8, 4) is 5.75 Å². The van der Waals surface area contributed by atoms with Crippen LogP contribution in [0.1, 0.15) is 18.2 Å². The predicted octanol–water partition coefficient (Wildman–Crippen LogP) is 1.37. The number of sulfonamides is 1. The molecule has 0 aliphatic carbocycles. The Morgan fingerprint density at radius 1 is 1.25 bits per heavy atom. The molecule has 0 amide bonds. The molecule has 2 heterocycles. The highest BCUT2D eigenvalue weighted by atomic mass is 32.2. The summed E-state index contributed by atoms with van der Waals surface area (Å²) >= 11 is 0. The zero-order valence-electron chi connectivity index (χ0n) is 13.4. The van der Waals surface area contributed by atoms with Crippen LogP contribution in [-0.4, -0.2) is 43.8 Å². The maximum Gasteiger partial charge on any atom is 0.253 e. The highest BCUT2D eigenvalue weighted by Gasteiger charge is 2.22. The average molecular weight is 350 g/mol. The van der Waals surface area contributed by atoms with Crippen molar-refractivity contribution in [2.75, 3.05) is 20.2 Å². The molecule has 9 heteroatoms. The summed E-state index contributed by atoms with van der Waals surface area (Å²) in [5, 5.41) is 9.41. The molecule has 128 valence electrons. The van der Waals surface area contributed by atoms with Crippen molar-refractivity contribution in [1.29, 1.82) is 0 Å². The summed E-state index contributed by atoms with van der Waals surface area (Å²) < 4.78 is 35.2. The molecule has 1 aromatic carbocycles. The van der Waals surface area contributed by atoms with Crippen molar-refractivity contribution in [2.24, 2.45) is 0 Å². The number of rotatable bonds is 5. The Balaban J connectivity index is 1.67. The van der Waals surface area contributed by atoms with Gasteiger partial charge in [-0.25, -0.2) is 13.4 Å². The Hall–Kier alpha value is -2.23. The van der Waals surface area contributed by atoms with Crippen LogP contribution in [0.25, 0.3) is 5.57 Å². The quantitative estimate of drug-likeness (QED) is 0.869. The van der Waals surface area contributed by atoms with Gasteiger partial charge in [-0.1, -0.05) is 6.08 Å². The Morgan fingerprint density at radius 3 is 2.54 bits per heavy atom. The van der Waals surface area contributed by atoms with Gasteiger partial charge in [-0.2, -0.15) is 0 Å². The van der Waals surface area contributed by atoms with Gasteiger partial charge in [0.1, 0.15) is 5.75 Å². The monoisotopic (exact) mass is 350 g/mol. The van der Waals surface area contributed by atoms with Crippen LogP contribution < -0.4 is 9.57 Å². The van der Waals surface area contributed by atoms with Gasteiger partial charge in [-0.05, 0) is 30.7 Å². The molecule has 0 fully saturated rings. The molecule has 1 aliphatic rings. The van der Waals surface area contributed by atoms with E-state index in [9.17, 15) is 8.42 Å². The molecule has 24 heavy (non-hydrogen) atoms. The first-order chi connectivity index (χ1) is 11.5. The van der Waals surface area contributed by atoms with Crippen molar-refractivity contribution < 1.29 is 17.6 Å². The van der Waals surface area contributed by atoms with Gasteiger partial charge < -0.3 is 9.15 Å². The molecular weight excluding hydrogens is 332 g/mol. The second kappa shape index (κ2) is 6.71. The molecule has 0 spiro atoms. The number of benzene rings is 1. The highest BCUT2D eigenvalue weighted by Crippen LogP contribution is 2.21. The fraction of sp³-hybridized carbons (Fsp3) is 0.333. The molecule has 1 N–H and O–H groups in total. The van der Waals surface area contributed by atoms with E-state index in [-0.39, 0.29) is 4.90 Å². The normalized spacial score (nSPS) is 16.0. The smallest absolute Gasteiger partial charge is 0.253 e. The van der Waals surface area contributed by atoms with Gasteiger partial charge in [0.05, 0.1) is 12.0 Å². The third-order valence-electron chi connectivity index (χ3n) is 3.63. The Labute approximate surface area is 140 Å². The first-order valence-corrected chi connectivity index (χ1v) is 8.87. The summed E-state index contributed by atoms with van der Waals surface area (Å²) in [7, 11) is -2.09. The van der Waals surface area contributed by atoms with Crippen molar-refractivity contribution in [2.45, 2.75) is 18.2 Å². The number of hydrogen-bond donors (Lipinski definition) is 1. The van der Waals surface area contributed by atoms with E-state index in [4.69, 9.17) is 9.15 Å². The van der Waals surface area contributed by atoms with Gasteiger partial charge in [-0.3, -0.25) is 0 Å². The van der Waals surface area contributed by atoms with E-state index in [0.29, 0.717) is 37.0 Å². The molecule has 8 nitrogen and oxygen atoms in total. The zero-order valence-corrected chi connectivity index (χ0v) is 14.2. The molecule has 0 bridgehead atoms. The zero-order chi connectivity index (χ0) is 17.2. The third-order valence-corrected chi connectivity index (χ3v) is 5.02. The Morgan fingerprint density at radius 2 is 2.00 bits per heavy atom. The maximum absolute atomic E-state index is 12.4. The van der Waals surface area contributed by atoms with Gasteiger partial charge in [0.25, 0.3) is 10.0 Å². The van der Waals surface area contributed by atoms with Gasteiger partial charge in [-0.15, -0.1) is 15.0 Å². The molecule has 0 atom stereocenters. The third kappa shape index (κ3) is 3.64. The van der Waals surface area contributed by atoms with Crippen LogP contribution in [0, 0.1) is 6.92 Å². The summed E-state index contributed by atoms with van der Waals surface area (Å²) in [6.45, 7) is 2.67. The molecule has 1 aromatic heterocycles. The number of hydrogen-bond acceptors (Lipinski definition) is 7. The van der Waals surface area contributed by atoms with E-state index in [1.807, 2.05) is 6.08 Å². The lowest BCUT2D eigenvalue weighted by molar-refractivity contribution is 0.265. The van der Waals surface area contributed by atoms with Gasteiger partial charge in [0, 0.05) is 25.6 Å². The van der Waals surface area contributed by atoms with Gasteiger partial charge in [0.15, 0.2) is 0 Å². The molecule has 0 saturated heterocycles. The maximum atomic E-state index is 12.4. The van der Waals surface area contributed by atoms with E-state index >= 15 is 0 Å². The van der Waals surface area contributed by atoms with Crippen LogP contribution in [0.5, 0.6) is 5.75 Å². The van der Waals surface area contributed by atoms with E-state index in [1.54, 1.807) is 24.1 Å². The average Bonchev–Trinajstić information content (AvgIpc) is 3.02. The summed E-state index contributed by atoms with van der Waals surface area (Å²) in [4.78, 5) is 2.77. The largest absolute Gasteiger partial charge is 0.497 e. The summed E-state index contributed by atoms with van der Waals surface area (Å²) in [6.07, 6.45) is 2.50. The minimum absolute atomic E-state index is 0.186. The molecule has 0 saturated carbocycles. The molecule has 3 rings (SSSR count). The van der Waals surface area contributed by atoms with Gasteiger partial charge in [0.2, 0.25) is 11.8 Å². The molecule has 2 aromatic rings. The van der Waals surface area contributed by atoms with Crippen LogP contribution >= 0.6 is 0 Å².